The molecule has 4 rings (SSSR count). The van der Waals surface area contributed by atoms with Gasteiger partial charge in [-0.25, -0.2) is 4.98 Å². The van der Waals surface area contributed by atoms with E-state index in [1.807, 2.05) is 0 Å². The van der Waals surface area contributed by atoms with Crippen LogP contribution in [0.15, 0.2) is 18.3 Å². The zero-order chi connectivity index (χ0) is 12.8. The number of aromatic amines is 2. The second-order valence-corrected chi connectivity index (χ2v) is 4.90. The monoisotopic (exact) mass is 252 g/mol. The summed E-state index contributed by atoms with van der Waals surface area (Å²) < 4.78 is 0. The molecule has 0 amide bonds. The van der Waals surface area contributed by atoms with Crippen LogP contribution < -0.4 is 0 Å². The van der Waals surface area contributed by atoms with Crippen molar-refractivity contribution >= 4 is 17.3 Å². The number of rotatable bonds is 2. The van der Waals surface area contributed by atoms with Gasteiger partial charge < -0.3 is 4.98 Å². The van der Waals surface area contributed by atoms with Gasteiger partial charge in [-0.05, 0) is 42.5 Å². The molecule has 0 unspecified atom stereocenters. The van der Waals surface area contributed by atoms with Crippen LogP contribution in [0.2, 0.25) is 0 Å². The topological polar surface area (TPSA) is 74.4 Å². The summed E-state index contributed by atoms with van der Waals surface area (Å²) >= 11 is 0. The number of aldehydes is 1. The highest BCUT2D eigenvalue weighted by atomic mass is 16.1. The van der Waals surface area contributed by atoms with Crippen LogP contribution in [0.5, 0.6) is 0 Å². The maximum Gasteiger partial charge on any atom is 0.157 e. The number of carbonyl (C=O) groups is 1. The first kappa shape index (κ1) is 10.5. The van der Waals surface area contributed by atoms with Crippen LogP contribution in [-0.2, 0) is 12.8 Å². The highest BCUT2D eigenvalue weighted by Crippen LogP contribution is 2.28. The second-order valence-electron chi connectivity index (χ2n) is 4.90. The third-order valence-electron chi connectivity index (χ3n) is 3.73. The largest absolute Gasteiger partial charge is 0.337 e. The Kier molecular flexibility index (Phi) is 2.09. The van der Waals surface area contributed by atoms with E-state index in [1.165, 1.54) is 23.7 Å². The van der Waals surface area contributed by atoms with Gasteiger partial charge in [0.15, 0.2) is 12.1 Å². The van der Waals surface area contributed by atoms with Gasteiger partial charge in [-0.2, -0.15) is 5.10 Å². The van der Waals surface area contributed by atoms with Gasteiger partial charge in [-0.3, -0.25) is 9.89 Å². The average molecular weight is 252 g/mol. The first-order valence-corrected chi connectivity index (χ1v) is 6.35. The predicted octanol–water partition coefficient (Wildman–Crippen LogP) is 2.25. The number of H-pyrrole nitrogens is 2. The minimum Gasteiger partial charge on any atom is -0.337 e. The number of nitrogens with zero attached hydrogens (tertiary/aromatic N) is 2. The first-order chi connectivity index (χ1) is 9.35. The van der Waals surface area contributed by atoms with E-state index in [0.717, 1.165) is 30.2 Å². The Morgan fingerprint density at radius 1 is 1.21 bits per heavy atom. The normalized spacial score (nSPS) is 13.9. The maximum atomic E-state index is 10.9. The first-order valence-electron chi connectivity index (χ1n) is 6.35. The van der Waals surface area contributed by atoms with Crippen LogP contribution in [0.1, 0.15) is 27.9 Å². The molecule has 0 spiro atoms. The maximum absolute atomic E-state index is 10.9. The Hall–Kier alpha value is -2.43. The molecular formula is C14H12N4O. The summed E-state index contributed by atoms with van der Waals surface area (Å²) in [6.45, 7) is 0. The van der Waals surface area contributed by atoms with Gasteiger partial charge in [0.05, 0.1) is 22.8 Å². The predicted molar refractivity (Wildman–Crippen MR) is 71.1 cm³/mol. The van der Waals surface area contributed by atoms with Gasteiger partial charge in [0, 0.05) is 0 Å². The van der Waals surface area contributed by atoms with Crippen molar-refractivity contribution in [1.29, 1.82) is 0 Å². The molecule has 1 aliphatic carbocycles. The number of imidazole rings is 1. The number of fused-ring (bicyclic) bond motifs is 2. The Balaban J connectivity index is 1.91. The van der Waals surface area contributed by atoms with E-state index in [2.05, 4.69) is 32.3 Å². The third-order valence-corrected chi connectivity index (χ3v) is 3.73. The van der Waals surface area contributed by atoms with Gasteiger partial charge in [-0.15, -0.1) is 0 Å². The van der Waals surface area contributed by atoms with Gasteiger partial charge in [-0.1, -0.05) is 0 Å². The molecule has 0 bridgehead atoms. The number of hydrogen-bond donors (Lipinski definition) is 2. The Morgan fingerprint density at radius 3 is 2.89 bits per heavy atom. The SMILES string of the molecule is O=Cc1cn[nH]c1-c1nc2cc3c(cc2[nH]1)CCC3. The molecule has 0 atom stereocenters. The number of benzene rings is 1. The lowest BCUT2D eigenvalue weighted by Crippen LogP contribution is -1.85. The zero-order valence-corrected chi connectivity index (χ0v) is 10.2. The van der Waals surface area contributed by atoms with Crippen molar-refractivity contribution in [3.8, 4) is 11.5 Å². The van der Waals surface area contributed by atoms with E-state index < -0.39 is 0 Å². The Labute approximate surface area is 109 Å². The number of carbonyl (C=O) groups excluding carboxylic acids is 1. The second kappa shape index (κ2) is 3.78. The van der Waals surface area contributed by atoms with E-state index in [-0.39, 0.29) is 0 Å². The van der Waals surface area contributed by atoms with Crippen LogP contribution in [0.25, 0.3) is 22.6 Å². The van der Waals surface area contributed by atoms with Crippen LogP contribution in [-0.4, -0.2) is 26.5 Å². The molecule has 3 aromatic rings. The number of aromatic nitrogens is 4. The minimum absolute atomic E-state index is 0.520. The van der Waals surface area contributed by atoms with E-state index in [0.29, 0.717) is 17.1 Å². The average Bonchev–Trinajstić information content (AvgIpc) is 3.13. The van der Waals surface area contributed by atoms with E-state index in [4.69, 9.17) is 0 Å². The van der Waals surface area contributed by atoms with Crippen molar-refractivity contribution < 1.29 is 4.79 Å². The quantitative estimate of drug-likeness (QED) is 0.687. The summed E-state index contributed by atoms with van der Waals surface area (Å²) in [5, 5.41) is 6.70. The summed E-state index contributed by atoms with van der Waals surface area (Å²) in [5.41, 5.74) is 5.93. The fraction of sp³-hybridized carbons (Fsp3) is 0.214. The molecule has 5 nitrogen and oxygen atoms in total. The molecule has 19 heavy (non-hydrogen) atoms. The fourth-order valence-corrected chi connectivity index (χ4v) is 2.77. The molecule has 94 valence electrons. The lowest BCUT2D eigenvalue weighted by atomic mass is 10.1. The van der Waals surface area contributed by atoms with Gasteiger partial charge in [0.25, 0.3) is 0 Å². The van der Waals surface area contributed by atoms with Crippen molar-refractivity contribution in [2.45, 2.75) is 19.3 Å². The lowest BCUT2D eigenvalue weighted by Gasteiger charge is -1.96. The van der Waals surface area contributed by atoms with E-state index in [1.54, 1.807) is 0 Å². The molecule has 0 saturated carbocycles. The van der Waals surface area contributed by atoms with Gasteiger partial charge in [0.2, 0.25) is 0 Å². The minimum atomic E-state index is 0.520. The molecule has 5 heteroatoms. The van der Waals surface area contributed by atoms with Crippen molar-refractivity contribution in [3.63, 3.8) is 0 Å². The molecule has 1 aliphatic rings. The molecule has 1 aromatic carbocycles. The molecule has 0 radical (unpaired) electrons. The molecule has 2 N–H and O–H groups in total. The van der Waals surface area contributed by atoms with Crippen LogP contribution in [0.4, 0.5) is 0 Å². The molecule has 2 heterocycles. The van der Waals surface area contributed by atoms with Gasteiger partial charge in [0.1, 0.15) is 5.69 Å². The molecule has 0 saturated heterocycles. The summed E-state index contributed by atoms with van der Waals surface area (Å²) in [5.74, 6) is 0.665. The summed E-state index contributed by atoms with van der Waals surface area (Å²) in [4.78, 5) is 18.8. The summed E-state index contributed by atoms with van der Waals surface area (Å²) in [6, 6.07) is 4.32. The standard InChI is InChI=1S/C14H12N4O/c19-7-10-6-15-18-13(10)14-16-11-4-8-2-1-3-9(8)5-12(11)17-14/h4-7H,1-3H2,(H,15,18)(H,16,17). The Morgan fingerprint density at radius 2 is 2.05 bits per heavy atom. The van der Waals surface area contributed by atoms with Crippen molar-refractivity contribution in [3.05, 3.63) is 35.0 Å². The number of aryl methyl sites for hydroxylation is 2. The molecule has 2 aromatic heterocycles. The van der Waals surface area contributed by atoms with Crippen molar-refractivity contribution in [1.82, 2.24) is 20.2 Å². The molecular weight excluding hydrogens is 240 g/mol. The highest BCUT2D eigenvalue weighted by Gasteiger charge is 2.16. The fourth-order valence-electron chi connectivity index (χ4n) is 2.77. The highest BCUT2D eigenvalue weighted by molar-refractivity contribution is 5.87. The van der Waals surface area contributed by atoms with Crippen LogP contribution >= 0.6 is 0 Å². The Bertz CT molecular complexity index is 743. The molecule has 0 fully saturated rings. The van der Waals surface area contributed by atoms with Crippen LogP contribution in [0.3, 0.4) is 0 Å². The van der Waals surface area contributed by atoms with Crippen molar-refractivity contribution in [2.24, 2.45) is 0 Å². The smallest absolute Gasteiger partial charge is 0.157 e. The van der Waals surface area contributed by atoms with Gasteiger partial charge >= 0.3 is 0 Å². The lowest BCUT2D eigenvalue weighted by molar-refractivity contribution is 0.112. The third kappa shape index (κ3) is 1.51. The van der Waals surface area contributed by atoms with Crippen molar-refractivity contribution in [2.75, 3.05) is 0 Å². The van der Waals surface area contributed by atoms with E-state index >= 15 is 0 Å². The number of hydrogen-bond acceptors (Lipinski definition) is 3. The summed E-state index contributed by atoms with van der Waals surface area (Å²) in [7, 11) is 0. The zero-order valence-electron chi connectivity index (χ0n) is 10.2. The van der Waals surface area contributed by atoms with E-state index in [9.17, 15) is 4.79 Å². The summed E-state index contributed by atoms with van der Waals surface area (Å²) in [6.07, 6.45) is 5.80. The van der Waals surface area contributed by atoms with Crippen LogP contribution in [0, 0.1) is 0 Å². The molecule has 0 aliphatic heterocycles. The number of nitrogens with one attached hydrogen (secondary N) is 2.